The molecule has 4 rings (SSSR count). The molecule has 3 heterocycles. The molecule has 0 radical (unpaired) electrons. The summed E-state index contributed by atoms with van der Waals surface area (Å²) in [6.45, 7) is 2.89. The number of rotatable bonds is 4. The minimum Gasteiger partial charge on any atom is -0.497 e. The van der Waals surface area contributed by atoms with Crippen LogP contribution < -0.4 is 9.64 Å². The summed E-state index contributed by atoms with van der Waals surface area (Å²) in [5, 5.41) is 0. The van der Waals surface area contributed by atoms with E-state index in [2.05, 4.69) is 14.9 Å². The zero-order chi connectivity index (χ0) is 18.6. The van der Waals surface area contributed by atoms with Gasteiger partial charge in [0.05, 0.1) is 13.5 Å². The molecule has 0 atom stereocenters. The largest absolute Gasteiger partial charge is 0.497 e. The molecule has 1 aliphatic heterocycles. The number of fused-ring (bicyclic) bond motifs is 1. The van der Waals surface area contributed by atoms with E-state index in [1.807, 2.05) is 41.3 Å². The average molecular weight is 366 g/mol. The van der Waals surface area contributed by atoms with Gasteiger partial charge in [-0.25, -0.2) is 4.98 Å². The number of methoxy groups -OCH3 is 1. The van der Waals surface area contributed by atoms with Crippen molar-refractivity contribution in [3.8, 4) is 5.75 Å². The second-order valence-electron chi connectivity index (χ2n) is 6.57. The van der Waals surface area contributed by atoms with Crippen LogP contribution in [-0.2, 0) is 11.2 Å². The Morgan fingerprint density at radius 2 is 2.00 bits per heavy atom. The lowest BCUT2D eigenvalue weighted by atomic mass is 10.1. The summed E-state index contributed by atoms with van der Waals surface area (Å²) < 4.78 is 11.0. The van der Waals surface area contributed by atoms with Crippen LogP contribution in [0.3, 0.4) is 0 Å². The maximum absolute atomic E-state index is 12.7. The highest BCUT2D eigenvalue weighted by atomic mass is 16.5. The third kappa shape index (κ3) is 3.86. The van der Waals surface area contributed by atoms with Crippen molar-refractivity contribution in [3.63, 3.8) is 0 Å². The molecule has 7 nitrogen and oxygen atoms in total. The lowest BCUT2D eigenvalue weighted by molar-refractivity contribution is -0.130. The maximum Gasteiger partial charge on any atom is 0.300 e. The number of oxazole rings is 1. The number of carbonyl (C=O) groups excluding carboxylic acids is 1. The fourth-order valence-corrected chi connectivity index (χ4v) is 3.28. The van der Waals surface area contributed by atoms with Gasteiger partial charge in [-0.1, -0.05) is 12.1 Å². The molecule has 140 valence electrons. The highest BCUT2D eigenvalue weighted by molar-refractivity contribution is 5.79. The van der Waals surface area contributed by atoms with E-state index in [1.54, 1.807) is 13.3 Å². The molecule has 27 heavy (non-hydrogen) atoms. The number of anilines is 1. The van der Waals surface area contributed by atoms with Gasteiger partial charge < -0.3 is 19.0 Å². The first-order valence-corrected chi connectivity index (χ1v) is 9.10. The first-order valence-electron chi connectivity index (χ1n) is 9.10. The summed E-state index contributed by atoms with van der Waals surface area (Å²) in [7, 11) is 1.63. The normalized spacial score (nSPS) is 15.0. The van der Waals surface area contributed by atoms with E-state index in [4.69, 9.17) is 9.15 Å². The van der Waals surface area contributed by atoms with E-state index < -0.39 is 0 Å². The summed E-state index contributed by atoms with van der Waals surface area (Å²) in [4.78, 5) is 25.4. The van der Waals surface area contributed by atoms with Crippen LogP contribution in [0.1, 0.15) is 12.0 Å². The van der Waals surface area contributed by atoms with Gasteiger partial charge in [-0.2, -0.15) is 4.98 Å². The van der Waals surface area contributed by atoms with Gasteiger partial charge in [-0.3, -0.25) is 4.79 Å². The van der Waals surface area contributed by atoms with E-state index >= 15 is 0 Å². The van der Waals surface area contributed by atoms with Crippen molar-refractivity contribution in [2.45, 2.75) is 12.8 Å². The third-order valence-corrected chi connectivity index (χ3v) is 4.79. The molecule has 0 N–H and O–H groups in total. The number of carbonyl (C=O) groups is 1. The molecule has 1 saturated heterocycles. The number of amides is 1. The lowest BCUT2D eigenvalue weighted by Gasteiger charge is -2.21. The number of benzene rings is 1. The third-order valence-electron chi connectivity index (χ3n) is 4.79. The van der Waals surface area contributed by atoms with Gasteiger partial charge in [0.1, 0.15) is 5.75 Å². The molecule has 1 amide bonds. The zero-order valence-corrected chi connectivity index (χ0v) is 15.3. The summed E-state index contributed by atoms with van der Waals surface area (Å²) in [6.07, 6.45) is 2.98. The molecule has 0 spiro atoms. The average Bonchev–Trinajstić information content (AvgIpc) is 2.97. The molecule has 1 aliphatic rings. The van der Waals surface area contributed by atoms with Gasteiger partial charge in [0.2, 0.25) is 11.6 Å². The number of pyridine rings is 1. The molecule has 0 aliphatic carbocycles. The van der Waals surface area contributed by atoms with Crippen molar-refractivity contribution in [2.24, 2.45) is 0 Å². The van der Waals surface area contributed by atoms with Crippen LogP contribution >= 0.6 is 0 Å². The molecule has 7 heteroatoms. The minimum atomic E-state index is 0.140. The zero-order valence-electron chi connectivity index (χ0n) is 15.3. The fourth-order valence-electron chi connectivity index (χ4n) is 3.28. The topological polar surface area (TPSA) is 71.7 Å². The molecule has 0 unspecified atom stereocenters. The molecule has 2 aromatic heterocycles. The van der Waals surface area contributed by atoms with Crippen molar-refractivity contribution >= 4 is 23.2 Å². The van der Waals surface area contributed by atoms with Crippen LogP contribution in [0.5, 0.6) is 5.75 Å². The van der Waals surface area contributed by atoms with Crippen molar-refractivity contribution in [1.29, 1.82) is 0 Å². The predicted octanol–water partition coefficient (Wildman–Crippen LogP) is 2.51. The van der Waals surface area contributed by atoms with Crippen LogP contribution in [0.4, 0.5) is 6.01 Å². The van der Waals surface area contributed by atoms with Gasteiger partial charge in [0, 0.05) is 32.4 Å². The Morgan fingerprint density at radius 1 is 1.15 bits per heavy atom. The predicted molar refractivity (Wildman–Crippen MR) is 102 cm³/mol. The van der Waals surface area contributed by atoms with E-state index in [1.165, 1.54) is 0 Å². The Bertz CT molecular complexity index is 889. The van der Waals surface area contributed by atoms with Crippen LogP contribution in [0.15, 0.2) is 47.0 Å². The van der Waals surface area contributed by atoms with Gasteiger partial charge in [0.25, 0.3) is 6.01 Å². The summed E-state index contributed by atoms with van der Waals surface area (Å²) >= 11 is 0. The van der Waals surface area contributed by atoms with Crippen LogP contribution in [0.25, 0.3) is 11.2 Å². The summed E-state index contributed by atoms with van der Waals surface area (Å²) in [5.74, 6) is 0.936. The number of hydrogen-bond donors (Lipinski definition) is 0. The Kier molecular flexibility index (Phi) is 4.91. The van der Waals surface area contributed by atoms with Gasteiger partial charge >= 0.3 is 0 Å². The summed E-state index contributed by atoms with van der Waals surface area (Å²) in [5.41, 5.74) is 2.29. The van der Waals surface area contributed by atoms with Gasteiger partial charge in [0.15, 0.2) is 5.58 Å². The molecular weight excluding hydrogens is 344 g/mol. The quantitative estimate of drug-likeness (QED) is 0.707. The standard InChI is InChI=1S/C20H22N4O3/c1-26-16-7-5-15(6-8-16)14-18(25)23-10-3-11-24(13-12-23)20-22-19-17(27-20)4-2-9-21-19/h2,4-9H,3,10-14H2,1H3. The number of ether oxygens (including phenoxy) is 1. The fraction of sp³-hybridized carbons (Fsp3) is 0.350. The van der Waals surface area contributed by atoms with Crippen molar-refractivity contribution in [3.05, 3.63) is 48.2 Å². The second kappa shape index (κ2) is 7.65. The van der Waals surface area contributed by atoms with Crippen molar-refractivity contribution in [2.75, 3.05) is 38.2 Å². The Morgan fingerprint density at radius 3 is 2.78 bits per heavy atom. The molecule has 0 bridgehead atoms. The molecule has 0 saturated carbocycles. The van der Waals surface area contributed by atoms with E-state index in [0.717, 1.165) is 30.8 Å². The Balaban J connectivity index is 1.39. The van der Waals surface area contributed by atoms with Crippen LogP contribution in [0.2, 0.25) is 0 Å². The molecule has 1 aromatic carbocycles. The first kappa shape index (κ1) is 17.3. The van der Waals surface area contributed by atoms with Gasteiger partial charge in [-0.15, -0.1) is 0 Å². The second-order valence-corrected chi connectivity index (χ2v) is 6.57. The highest BCUT2D eigenvalue weighted by Gasteiger charge is 2.22. The number of nitrogens with zero attached hydrogens (tertiary/aromatic N) is 4. The number of aromatic nitrogens is 2. The first-order chi connectivity index (χ1) is 13.2. The van der Waals surface area contributed by atoms with E-state index in [9.17, 15) is 4.79 Å². The van der Waals surface area contributed by atoms with E-state index in [-0.39, 0.29) is 5.91 Å². The van der Waals surface area contributed by atoms with Crippen LogP contribution in [-0.4, -0.2) is 54.1 Å². The lowest BCUT2D eigenvalue weighted by Crippen LogP contribution is -2.36. The molecule has 1 fully saturated rings. The monoisotopic (exact) mass is 366 g/mol. The Labute approximate surface area is 157 Å². The smallest absolute Gasteiger partial charge is 0.300 e. The highest BCUT2D eigenvalue weighted by Crippen LogP contribution is 2.21. The van der Waals surface area contributed by atoms with Crippen LogP contribution in [0, 0.1) is 0 Å². The SMILES string of the molecule is COc1ccc(CC(=O)N2CCCN(c3nc4ncccc4o3)CC2)cc1. The number of hydrogen-bond acceptors (Lipinski definition) is 6. The van der Waals surface area contributed by atoms with Crippen molar-refractivity contribution in [1.82, 2.24) is 14.9 Å². The maximum atomic E-state index is 12.7. The van der Waals surface area contributed by atoms with Crippen molar-refractivity contribution < 1.29 is 13.9 Å². The van der Waals surface area contributed by atoms with E-state index in [0.29, 0.717) is 36.8 Å². The molecule has 3 aromatic rings. The summed E-state index contributed by atoms with van der Waals surface area (Å²) in [6, 6.07) is 11.9. The molecular formula is C20H22N4O3. The van der Waals surface area contributed by atoms with Gasteiger partial charge in [-0.05, 0) is 36.2 Å². The minimum absolute atomic E-state index is 0.140. The Hall–Kier alpha value is -3.09.